The van der Waals surface area contributed by atoms with E-state index < -0.39 is 18.3 Å². The van der Waals surface area contributed by atoms with Gasteiger partial charge in [-0.05, 0) is 41.9 Å². The van der Waals surface area contributed by atoms with Crippen molar-refractivity contribution < 1.29 is 18.8 Å². The van der Waals surface area contributed by atoms with Gasteiger partial charge in [0.05, 0.1) is 12.6 Å². The van der Waals surface area contributed by atoms with E-state index in [1.165, 1.54) is 17.4 Å². The molecule has 0 radical (unpaired) electrons. The first-order valence-electron chi connectivity index (χ1n) is 13.4. The minimum atomic E-state index is -1.24. The highest BCUT2D eigenvalue weighted by atomic mass is 19.1. The quantitative estimate of drug-likeness (QED) is 0.621. The Hall–Kier alpha value is -3.22. The van der Waals surface area contributed by atoms with Gasteiger partial charge in [0.15, 0.2) is 0 Å². The van der Waals surface area contributed by atoms with Crippen LogP contribution in [0.4, 0.5) is 4.39 Å². The third-order valence-electron chi connectivity index (χ3n) is 7.71. The molecule has 6 nitrogen and oxygen atoms in total. The first kappa shape index (κ1) is 26.8. The molecule has 0 bridgehead atoms. The SMILES string of the molecule is CC(=O)N1CCCC(C(=O)N2C[C@H](F)C[C@H]2C(=O)N[C@@H](c2ccccc2)c2ccc(C(C)C)cc2)CC1. The zero-order chi connectivity index (χ0) is 26.5. The van der Waals surface area contributed by atoms with Gasteiger partial charge in [-0.25, -0.2) is 4.39 Å². The molecule has 0 spiro atoms. The molecule has 2 saturated heterocycles. The molecule has 2 aromatic rings. The predicted molar refractivity (Wildman–Crippen MR) is 142 cm³/mol. The van der Waals surface area contributed by atoms with Crippen LogP contribution in [0.5, 0.6) is 0 Å². The number of alkyl halides is 1. The van der Waals surface area contributed by atoms with Crippen LogP contribution in [0, 0.1) is 5.92 Å². The second-order valence-corrected chi connectivity index (χ2v) is 10.6. The molecule has 1 N–H and O–H groups in total. The first-order chi connectivity index (χ1) is 17.7. The van der Waals surface area contributed by atoms with Crippen LogP contribution >= 0.6 is 0 Å². The van der Waals surface area contributed by atoms with Crippen LogP contribution in [-0.4, -0.2) is 59.4 Å². The van der Waals surface area contributed by atoms with E-state index in [-0.39, 0.29) is 36.6 Å². The maximum atomic E-state index is 14.6. The summed E-state index contributed by atoms with van der Waals surface area (Å²) in [6, 6.07) is 16.6. The summed E-state index contributed by atoms with van der Waals surface area (Å²) in [7, 11) is 0. The van der Waals surface area contributed by atoms with Crippen molar-refractivity contribution >= 4 is 17.7 Å². The van der Waals surface area contributed by atoms with Crippen LogP contribution in [0.3, 0.4) is 0 Å². The first-order valence-corrected chi connectivity index (χ1v) is 13.4. The Labute approximate surface area is 219 Å². The number of likely N-dealkylation sites (tertiary alicyclic amines) is 2. The number of carbonyl (C=O) groups is 3. The number of halogens is 1. The van der Waals surface area contributed by atoms with Gasteiger partial charge in [0.25, 0.3) is 0 Å². The minimum Gasteiger partial charge on any atom is -0.343 e. The lowest BCUT2D eigenvalue weighted by atomic mass is 9.94. The summed E-state index contributed by atoms with van der Waals surface area (Å²) in [5.74, 6) is -0.426. The Balaban J connectivity index is 1.52. The normalized spacial score (nSPS) is 23.0. The molecule has 2 fully saturated rings. The fourth-order valence-corrected chi connectivity index (χ4v) is 5.49. The Morgan fingerprint density at radius 1 is 0.919 bits per heavy atom. The highest BCUT2D eigenvalue weighted by Crippen LogP contribution is 2.29. The standard InChI is InChI=1S/C30H38FN3O3/c1-20(2)22-11-13-24(14-12-22)28(23-8-5-4-6-9-23)32-29(36)27-18-26(31)19-34(27)30(37)25-10-7-16-33(17-15-25)21(3)35/h4-6,8-9,11-14,20,25-28H,7,10,15-19H2,1-3H3,(H,32,36)/t25?,26-,27+,28+/m1/s1. The average molecular weight is 508 g/mol. The third-order valence-corrected chi connectivity index (χ3v) is 7.71. The van der Waals surface area contributed by atoms with Crippen LogP contribution in [-0.2, 0) is 14.4 Å². The number of hydrogen-bond donors (Lipinski definition) is 1. The van der Waals surface area contributed by atoms with Crippen molar-refractivity contribution in [2.24, 2.45) is 5.92 Å². The minimum absolute atomic E-state index is 0.00232. The monoisotopic (exact) mass is 507 g/mol. The molecule has 4 rings (SSSR count). The fraction of sp³-hybridized carbons (Fsp3) is 0.500. The van der Waals surface area contributed by atoms with E-state index in [1.54, 1.807) is 4.90 Å². The van der Waals surface area contributed by atoms with E-state index in [9.17, 15) is 18.8 Å². The number of nitrogens with zero attached hydrogens (tertiary/aromatic N) is 2. The van der Waals surface area contributed by atoms with Crippen LogP contribution in [0.15, 0.2) is 54.6 Å². The Kier molecular flexibility index (Phi) is 8.62. The lowest BCUT2D eigenvalue weighted by Crippen LogP contribution is -2.48. The summed E-state index contributed by atoms with van der Waals surface area (Å²) in [5, 5.41) is 3.13. The Bertz CT molecular complexity index is 1090. The molecule has 2 aliphatic heterocycles. The summed E-state index contributed by atoms with van der Waals surface area (Å²) in [6.45, 7) is 6.88. The zero-order valence-corrected chi connectivity index (χ0v) is 22.0. The van der Waals surface area contributed by atoms with E-state index >= 15 is 0 Å². The molecule has 2 aliphatic rings. The largest absolute Gasteiger partial charge is 0.343 e. The molecule has 1 unspecified atom stereocenters. The van der Waals surface area contributed by atoms with E-state index in [0.29, 0.717) is 31.8 Å². The van der Waals surface area contributed by atoms with E-state index in [0.717, 1.165) is 17.5 Å². The van der Waals surface area contributed by atoms with E-state index in [2.05, 4.69) is 31.3 Å². The van der Waals surface area contributed by atoms with Crippen LogP contribution in [0.2, 0.25) is 0 Å². The smallest absolute Gasteiger partial charge is 0.243 e. The third kappa shape index (κ3) is 6.38. The molecule has 37 heavy (non-hydrogen) atoms. The maximum absolute atomic E-state index is 14.6. The molecule has 0 aliphatic carbocycles. The van der Waals surface area contributed by atoms with Gasteiger partial charge in [-0.2, -0.15) is 0 Å². The number of hydrogen-bond acceptors (Lipinski definition) is 3. The predicted octanol–water partition coefficient (Wildman–Crippen LogP) is 4.60. The molecule has 198 valence electrons. The Morgan fingerprint density at radius 2 is 1.57 bits per heavy atom. The van der Waals surface area contributed by atoms with Crippen LogP contribution in [0.25, 0.3) is 0 Å². The summed E-state index contributed by atoms with van der Waals surface area (Å²) < 4.78 is 14.6. The van der Waals surface area contributed by atoms with Crippen molar-refractivity contribution in [1.82, 2.24) is 15.1 Å². The van der Waals surface area contributed by atoms with Crippen molar-refractivity contribution in [3.63, 3.8) is 0 Å². The van der Waals surface area contributed by atoms with E-state index in [4.69, 9.17) is 0 Å². The molecule has 2 heterocycles. The molecule has 2 aromatic carbocycles. The molecule has 0 saturated carbocycles. The number of amides is 3. The van der Waals surface area contributed by atoms with Gasteiger partial charge >= 0.3 is 0 Å². The molecular formula is C30H38FN3O3. The Morgan fingerprint density at radius 3 is 2.22 bits per heavy atom. The van der Waals surface area contributed by atoms with Gasteiger partial charge in [-0.3, -0.25) is 14.4 Å². The number of benzene rings is 2. The molecule has 0 aromatic heterocycles. The van der Waals surface area contributed by atoms with Crippen molar-refractivity contribution in [2.75, 3.05) is 19.6 Å². The zero-order valence-electron chi connectivity index (χ0n) is 22.0. The van der Waals surface area contributed by atoms with Crippen molar-refractivity contribution in [3.8, 4) is 0 Å². The van der Waals surface area contributed by atoms with Gasteiger partial charge in [0.2, 0.25) is 17.7 Å². The second-order valence-electron chi connectivity index (χ2n) is 10.6. The van der Waals surface area contributed by atoms with Crippen molar-refractivity contribution in [3.05, 3.63) is 71.3 Å². The highest BCUT2D eigenvalue weighted by molar-refractivity contribution is 5.90. The molecule has 3 amide bonds. The van der Waals surface area contributed by atoms with Crippen LogP contribution < -0.4 is 5.32 Å². The lowest BCUT2D eigenvalue weighted by molar-refractivity contribution is -0.142. The number of rotatable bonds is 6. The van der Waals surface area contributed by atoms with Gasteiger partial charge in [0.1, 0.15) is 12.2 Å². The number of carbonyl (C=O) groups excluding carboxylic acids is 3. The van der Waals surface area contributed by atoms with Crippen LogP contribution in [0.1, 0.15) is 75.1 Å². The van der Waals surface area contributed by atoms with Gasteiger partial charge < -0.3 is 15.1 Å². The topological polar surface area (TPSA) is 69.7 Å². The van der Waals surface area contributed by atoms with Crippen molar-refractivity contribution in [2.45, 2.75) is 70.6 Å². The van der Waals surface area contributed by atoms with E-state index in [1.807, 2.05) is 42.5 Å². The molecule has 7 heteroatoms. The highest BCUT2D eigenvalue weighted by Gasteiger charge is 2.42. The molecular weight excluding hydrogens is 469 g/mol. The number of nitrogens with one attached hydrogen (secondary N) is 1. The summed E-state index contributed by atoms with van der Waals surface area (Å²) in [4.78, 5) is 42.1. The summed E-state index contributed by atoms with van der Waals surface area (Å²) >= 11 is 0. The van der Waals surface area contributed by atoms with Crippen molar-refractivity contribution in [1.29, 1.82) is 0 Å². The molecule has 4 atom stereocenters. The van der Waals surface area contributed by atoms with Gasteiger partial charge in [-0.15, -0.1) is 0 Å². The summed E-state index contributed by atoms with van der Waals surface area (Å²) in [5.41, 5.74) is 3.07. The summed E-state index contributed by atoms with van der Waals surface area (Å²) in [6.07, 6.45) is 0.661. The van der Waals surface area contributed by atoms with Gasteiger partial charge in [-0.1, -0.05) is 68.4 Å². The fourth-order valence-electron chi connectivity index (χ4n) is 5.49. The second kappa shape index (κ2) is 11.9. The van der Waals surface area contributed by atoms with Gasteiger partial charge in [0, 0.05) is 32.4 Å². The average Bonchev–Trinajstić information content (AvgIpc) is 3.12. The maximum Gasteiger partial charge on any atom is 0.243 e. The lowest BCUT2D eigenvalue weighted by Gasteiger charge is -2.29.